The zero-order valence-electron chi connectivity index (χ0n) is 19.2. The number of aromatic nitrogens is 2. The van der Waals surface area contributed by atoms with Crippen LogP contribution in [-0.4, -0.2) is 14.9 Å². The number of nitro benzene ring substituents is 1. The van der Waals surface area contributed by atoms with E-state index in [9.17, 15) is 10.1 Å². The molecule has 0 radical (unpaired) electrons. The van der Waals surface area contributed by atoms with Crippen LogP contribution in [0.4, 0.5) is 5.69 Å². The third-order valence-electron chi connectivity index (χ3n) is 3.51. The molecule has 0 spiro atoms. The van der Waals surface area contributed by atoms with Crippen molar-refractivity contribution in [3.8, 4) is 95.1 Å². The average Bonchev–Trinajstić information content (AvgIpc) is 2.96. The Labute approximate surface area is 222 Å². The van der Waals surface area contributed by atoms with E-state index in [1.165, 1.54) is 12.1 Å². The van der Waals surface area contributed by atoms with Crippen molar-refractivity contribution in [3.63, 3.8) is 0 Å². The Kier molecular flexibility index (Phi) is 16.8. The monoisotopic (exact) mass is 502 g/mol. The van der Waals surface area contributed by atoms with Gasteiger partial charge in [-0.25, -0.2) is 4.98 Å². The van der Waals surface area contributed by atoms with Gasteiger partial charge < -0.3 is 0 Å². The minimum absolute atomic E-state index is 0. The van der Waals surface area contributed by atoms with Gasteiger partial charge in [-0.15, -0.1) is 18.4 Å². The maximum Gasteiger partial charge on any atom is 0.271 e. The first-order chi connectivity index (χ1) is 18.6. The fraction of sp³-hybridized carbons (Fsp3) is 0. The summed E-state index contributed by atoms with van der Waals surface area (Å²) in [5.74, 6) is 28.3. The van der Waals surface area contributed by atoms with Gasteiger partial charge in [-0.3, -0.25) is 15.1 Å². The molecule has 1 aromatic heterocycles. The second kappa shape index (κ2) is 20.6. The number of hydrogen-bond acceptors (Lipinski definition) is 7. The molecule has 0 amide bonds. The van der Waals surface area contributed by atoms with Crippen LogP contribution < -0.4 is 0 Å². The molecule has 3 aromatic rings. The summed E-state index contributed by atoms with van der Waals surface area (Å²) in [4.78, 5) is 34.7. The van der Waals surface area contributed by atoms with Gasteiger partial charge in [0, 0.05) is 31.9 Å². The number of nitrogens with zero attached hydrogens (tertiary/aromatic N) is 5. The van der Waals surface area contributed by atoms with Crippen molar-refractivity contribution in [3.05, 3.63) is 85.2 Å². The number of benzene rings is 2. The standard InChI is InChI=1S/C14H9N3O2.C14H2.HN3.O2.3H2/c18-17(19)11-6-7-12-13(8-11)15-9-14(16-12)10-4-2-1-3-5-10;1-3-5-7-9-11-13-14-12-10-8-6-4-2;1-3-2;1-2;;;/h1-9H;1-2H;1H;;3*1H. The maximum absolute atomic E-state index is 10.7. The van der Waals surface area contributed by atoms with E-state index in [2.05, 4.69) is 81.0 Å². The lowest BCUT2D eigenvalue weighted by atomic mass is 10.1. The highest BCUT2D eigenvalue weighted by Gasteiger charge is 2.08. The summed E-state index contributed by atoms with van der Waals surface area (Å²) in [6.45, 7) is 0. The number of nitro groups is 1. The van der Waals surface area contributed by atoms with Crippen LogP contribution >= 0.6 is 0 Å². The minimum Gasteiger partial charge on any atom is -0.258 e. The first-order valence-corrected chi connectivity index (χ1v) is 9.62. The quantitative estimate of drug-likeness (QED) is 0.127. The number of non-ortho nitro benzene ring substituents is 1. The van der Waals surface area contributed by atoms with E-state index in [1.807, 2.05) is 30.3 Å². The minimum atomic E-state index is -0.438. The van der Waals surface area contributed by atoms with Gasteiger partial charge in [-0.2, -0.15) is 0 Å². The van der Waals surface area contributed by atoms with Crippen molar-refractivity contribution in [2.75, 3.05) is 0 Å². The van der Waals surface area contributed by atoms with Gasteiger partial charge in [0.25, 0.3) is 5.69 Å². The maximum atomic E-state index is 10.7. The van der Waals surface area contributed by atoms with Gasteiger partial charge in [0.05, 0.1) is 27.8 Å². The lowest BCUT2D eigenvalue weighted by Gasteiger charge is -2.02. The Hall–Kier alpha value is -6.99. The summed E-state index contributed by atoms with van der Waals surface area (Å²) in [6.07, 6.45) is 11.3. The highest BCUT2D eigenvalue weighted by Crippen LogP contribution is 2.21. The van der Waals surface area contributed by atoms with Crippen LogP contribution in [-0.2, 0) is 0 Å². The predicted octanol–water partition coefficient (Wildman–Crippen LogP) is 5.16. The molecule has 3 rings (SSSR count). The van der Waals surface area contributed by atoms with Crippen LogP contribution in [0.15, 0.2) is 54.7 Å². The molecule has 0 saturated carbocycles. The molecule has 2 aromatic carbocycles. The van der Waals surface area contributed by atoms with E-state index in [0.29, 0.717) is 11.0 Å². The van der Waals surface area contributed by atoms with Crippen LogP contribution in [0, 0.1) is 109 Å². The molecule has 1 heterocycles. The first kappa shape index (κ1) is 31.0. The zero-order valence-corrected chi connectivity index (χ0v) is 19.2. The Morgan fingerprint density at radius 1 is 0.842 bits per heavy atom. The highest BCUT2D eigenvalue weighted by atomic mass is 16.7. The molecular weight excluding hydrogens is 484 g/mol. The van der Waals surface area contributed by atoms with Crippen molar-refractivity contribution in [1.82, 2.24) is 9.97 Å². The third-order valence-corrected chi connectivity index (χ3v) is 3.51. The zero-order chi connectivity index (χ0) is 28.4. The fourth-order valence-electron chi connectivity index (χ4n) is 2.18. The largest absolute Gasteiger partial charge is 0.271 e. The van der Waals surface area contributed by atoms with Crippen LogP contribution in [0.1, 0.15) is 4.28 Å². The molecule has 10 heteroatoms. The van der Waals surface area contributed by atoms with E-state index < -0.39 is 4.92 Å². The molecule has 0 aliphatic heterocycles. The van der Waals surface area contributed by atoms with Crippen LogP contribution in [0.5, 0.6) is 0 Å². The SMILES string of the molecule is C#CC#CC#CC#CC#CC#CC#C.O=O.O=[N+]([O-])c1ccc2nc(-c3ccccc3)cnc2c1.[HH].[HH].[HH].[N-]=[N+]=N. The second-order valence-corrected chi connectivity index (χ2v) is 5.69. The molecule has 0 atom stereocenters. The van der Waals surface area contributed by atoms with E-state index in [4.69, 9.17) is 33.8 Å². The lowest BCUT2D eigenvalue weighted by Crippen LogP contribution is -1.91. The van der Waals surface area contributed by atoms with Crippen molar-refractivity contribution in [1.29, 1.82) is 5.53 Å². The summed E-state index contributed by atoms with van der Waals surface area (Å²) in [7, 11) is 0. The van der Waals surface area contributed by atoms with Gasteiger partial charge in [0.1, 0.15) is 0 Å². The van der Waals surface area contributed by atoms with Crippen LogP contribution in [0.3, 0.4) is 0 Å². The number of terminal acetylenes is 2. The van der Waals surface area contributed by atoms with Crippen molar-refractivity contribution >= 4 is 16.7 Å². The average molecular weight is 502 g/mol. The van der Waals surface area contributed by atoms with E-state index >= 15 is 0 Å². The molecule has 0 unspecified atom stereocenters. The Morgan fingerprint density at radius 3 is 1.76 bits per heavy atom. The van der Waals surface area contributed by atoms with Gasteiger partial charge >= 0.3 is 0 Å². The molecule has 0 aliphatic rings. The highest BCUT2D eigenvalue weighted by molar-refractivity contribution is 5.79. The number of nitrogens with one attached hydrogen (secondary N) is 1. The molecule has 0 aliphatic carbocycles. The molecule has 0 bridgehead atoms. The normalized spacial score (nSPS) is 6.89. The number of rotatable bonds is 2. The Balaban J connectivity index is -0.000000280. The summed E-state index contributed by atoms with van der Waals surface area (Å²) < 4.78 is 0. The van der Waals surface area contributed by atoms with E-state index in [1.54, 1.807) is 17.2 Å². The summed E-state index contributed by atoms with van der Waals surface area (Å²) in [5, 5.41) is 10.7. The molecule has 184 valence electrons. The Bertz CT molecular complexity index is 1670. The predicted molar refractivity (Wildman–Crippen MR) is 151 cm³/mol. The van der Waals surface area contributed by atoms with Gasteiger partial charge in [-0.05, 0) is 87.6 Å². The summed E-state index contributed by atoms with van der Waals surface area (Å²) in [6, 6.07) is 14.2. The van der Waals surface area contributed by atoms with E-state index in [-0.39, 0.29) is 9.97 Å². The van der Waals surface area contributed by atoms with Crippen molar-refractivity contribution in [2.24, 2.45) is 0 Å². The van der Waals surface area contributed by atoms with Gasteiger partial charge in [-0.1, -0.05) is 30.3 Å². The molecule has 0 fully saturated rings. The molecule has 1 N–H and O–H groups in total. The van der Waals surface area contributed by atoms with Gasteiger partial charge in [0.2, 0.25) is 0 Å². The second-order valence-electron chi connectivity index (χ2n) is 5.69. The fourth-order valence-corrected chi connectivity index (χ4v) is 2.18. The molecule has 0 saturated heterocycles. The number of hydrogen-bond donors (Lipinski definition) is 1. The van der Waals surface area contributed by atoms with Crippen LogP contribution in [0.25, 0.3) is 32.7 Å². The van der Waals surface area contributed by atoms with Gasteiger partial charge in [0.15, 0.2) is 0 Å². The van der Waals surface area contributed by atoms with E-state index in [0.717, 1.165) is 11.3 Å². The summed E-state index contributed by atoms with van der Waals surface area (Å²) in [5.41, 5.74) is 15.2. The molecule has 38 heavy (non-hydrogen) atoms. The smallest absolute Gasteiger partial charge is 0.258 e. The number of fused-ring (bicyclic) bond motifs is 1. The van der Waals surface area contributed by atoms with Crippen molar-refractivity contribution in [2.45, 2.75) is 0 Å². The first-order valence-electron chi connectivity index (χ1n) is 9.62. The topological polar surface area (TPSA) is 163 Å². The third kappa shape index (κ3) is 12.9. The molecular formula is C28H18N6O4. The van der Waals surface area contributed by atoms with Crippen LogP contribution in [0.2, 0.25) is 0 Å². The summed E-state index contributed by atoms with van der Waals surface area (Å²) >= 11 is 0. The van der Waals surface area contributed by atoms with Crippen molar-refractivity contribution < 1.29 is 9.20 Å². The molecule has 10 nitrogen and oxygen atoms in total. The lowest BCUT2D eigenvalue weighted by molar-refractivity contribution is -0.384. The Morgan fingerprint density at radius 2 is 1.32 bits per heavy atom.